The van der Waals surface area contributed by atoms with Crippen LogP contribution in [0.2, 0.25) is 0 Å². The van der Waals surface area contributed by atoms with Gasteiger partial charge in [-0.2, -0.15) is 0 Å². The van der Waals surface area contributed by atoms with Crippen molar-refractivity contribution in [2.75, 3.05) is 6.61 Å². The maximum absolute atomic E-state index is 11.3. The van der Waals surface area contributed by atoms with E-state index in [0.717, 1.165) is 12.8 Å². The molecule has 0 aromatic rings. The number of carboxylic acids is 1. The van der Waals surface area contributed by atoms with Crippen molar-refractivity contribution in [1.29, 1.82) is 0 Å². The number of carboxylic acid groups (broad SMARTS) is 1. The minimum absolute atomic E-state index is 0.0193. The fourth-order valence-electron chi connectivity index (χ4n) is 3.82. The van der Waals surface area contributed by atoms with Gasteiger partial charge in [-0.1, -0.05) is 129 Å². The van der Waals surface area contributed by atoms with Gasteiger partial charge in [0.25, 0.3) is 0 Å². The Bertz CT molecular complexity index is 381. The summed E-state index contributed by atoms with van der Waals surface area (Å²) in [4.78, 5) is 21.6. The maximum Gasteiger partial charge on any atom is 0.306 e. The highest BCUT2D eigenvalue weighted by atomic mass is 16.5. The lowest BCUT2D eigenvalue weighted by Gasteiger charge is -2.05. The average molecular weight is 427 g/mol. The molecule has 30 heavy (non-hydrogen) atoms. The lowest BCUT2D eigenvalue weighted by molar-refractivity contribution is -0.147. The van der Waals surface area contributed by atoms with Gasteiger partial charge in [-0.25, -0.2) is 0 Å². The molecule has 0 aliphatic carbocycles. The number of carbonyl (C=O) groups excluding carboxylic acids is 1. The molecule has 0 aliphatic rings. The molecule has 0 atom stereocenters. The van der Waals surface area contributed by atoms with E-state index in [1.807, 2.05) is 0 Å². The van der Waals surface area contributed by atoms with Crippen LogP contribution in [0.1, 0.15) is 148 Å². The predicted molar refractivity (Wildman–Crippen MR) is 126 cm³/mol. The Morgan fingerprint density at radius 1 is 0.533 bits per heavy atom. The molecule has 0 unspecified atom stereocenters. The van der Waals surface area contributed by atoms with E-state index in [4.69, 9.17) is 9.84 Å². The van der Waals surface area contributed by atoms with E-state index in [-0.39, 0.29) is 12.8 Å². The molecule has 0 aromatic carbocycles. The molecule has 0 heterocycles. The van der Waals surface area contributed by atoms with Crippen LogP contribution < -0.4 is 0 Å². The fraction of sp³-hybridized carbons (Fsp3) is 0.923. The van der Waals surface area contributed by atoms with Crippen molar-refractivity contribution in [2.45, 2.75) is 148 Å². The minimum Gasteiger partial charge on any atom is -0.481 e. The average Bonchev–Trinajstić information content (AvgIpc) is 2.73. The van der Waals surface area contributed by atoms with E-state index in [0.29, 0.717) is 6.61 Å². The minimum atomic E-state index is -0.953. The molecule has 0 aromatic heterocycles. The van der Waals surface area contributed by atoms with E-state index in [1.54, 1.807) is 0 Å². The van der Waals surface area contributed by atoms with Gasteiger partial charge in [0.05, 0.1) is 19.4 Å². The topological polar surface area (TPSA) is 63.6 Å². The third-order valence-electron chi connectivity index (χ3n) is 5.80. The van der Waals surface area contributed by atoms with Gasteiger partial charge >= 0.3 is 11.9 Å². The Morgan fingerprint density at radius 3 is 1.20 bits per heavy atom. The highest BCUT2D eigenvalue weighted by molar-refractivity contribution is 5.76. The number of esters is 1. The van der Waals surface area contributed by atoms with Crippen molar-refractivity contribution in [1.82, 2.24) is 0 Å². The van der Waals surface area contributed by atoms with Crippen molar-refractivity contribution in [3.8, 4) is 0 Å². The zero-order valence-corrected chi connectivity index (χ0v) is 19.9. The monoisotopic (exact) mass is 426 g/mol. The summed E-state index contributed by atoms with van der Waals surface area (Å²) in [6.45, 7) is 2.71. The first-order chi connectivity index (χ1) is 14.7. The smallest absolute Gasteiger partial charge is 0.306 e. The van der Waals surface area contributed by atoms with Gasteiger partial charge in [0.2, 0.25) is 0 Å². The zero-order chi connectivity index (χ0) is 22.1. The van der Waals surface area contributed by atoms with Crippen LogP contribution in [0.4, 0.5) is 0 Å². The van der Waals surface area contributed by atoms with Gasteiger partial charge in [0.1, 0.15) is 0 Å². The molecule has 1 N–H and O–H groups in total. The van der Waals surface area contributed by atoms with Crippen LogP contribution >= 0.6 is 0 Å². The van der Waals surface area contributed by atoms with Gasteiger partial charge in [-0.3, -0.25) is 9.59 Å². The maximum atomic E-state index is 11.3. The number of unbranched alkanes of at least 4 members (excludes halogenated alkanes) is 19. The van der Waals surface area contributed by atoms with Crippen molar-refractivity contribution in [2.24, 2.45) is 0 Å². The Balaban J connectivity index is 3.08. The van der Waals surface area contributed by atoms with Gasteiger partial charge in [0, 0.05) is 0 Å². The normalized spacial score (nSPS) is 11.0. The summed E-state index contributed by atoms with van der Waals surface area (Å²) >= 11 is 0. The summed E-state index contributed by atoms with van der Waals surface area (Å²) in [6, 6.07) is 0. The molecule has 0 aliphatic heterocycles. The quantitative estimate of drug-likeness (QED) is 0.125. The lowest BCUT2D eigenvalue weighted by atomic mass is 10.0. The van der Waals surface area contributed by atoms with E-state index < -0.39 is 11.9 Å². The molecule has 0 fully saturated rings. The number of hydrogen-bond acceptors (Lipinski definition) is 3. The van der Waals surface area contributed by atoms with Crippen LogP contribution in [0.15, 0.2) is 0 Å². The van der Waals surface area contributed by atoms with Crippen LogP contribution in [0, 0.1) is 0 Å². The molecular weight excluding hydrogens is 376 g/mol. The molecule has 4 heteroatoms. The van der Waals surface area contributed by atoms with Crippen LogP contribution in [0.25, 0.3) is 0 Å². The standard InChI is InChI=1S/C26H50O4/c1-2-3-4-5-6-7-8-9-10-11-12-13-14-15-16-17-18-19-20-21-24-30-26(29)23-22-25(27)28/h2-24H2,1H3,(H,27,28). The first-order valence-corrected chi connectivity index (χ1v) is 13.0. The second-order valence-corrected chi connectivity index (χ2v) is 8.83. The Morgan fingerprint density at radius 2 is 0.867 bits per heavy atom. The first-order valence-electron chi connectivity index (χ1n) is 13.0. The molecular formula is C26H50O4. The van der Waals surface area contributed by atoms with E-state index in [1.165, 1.54) is 116 Å². The van der Waals surface area contributed by atoms with Crippen LogP contribution in [-0.2, 0) is 14.3 Å². The highest BCUT2D eigenvalue weighted by Crippen LogP contribution is 2.14. The van der Waals surface area contributed by atoms with Gasteiger partial charge in [0.15, 0.2) is 0 Å². The van der Waals surface area contributed by atoms with Crippen LogP contribution in [-0.4, -0.2) is 23.7 Å². The molecule has 0 spiro atoms. The molecule has 0 amide bonds. The molecule has 0 saturated carbocycles. The zero-order valence-electron chi connectivity index (χ0n) is 19.9. The van der Waals surface area contributed by atoms with Crippen molar-refractivity contribution in [3.63, 3.8) is 0 Å². The van der Waals surface area contributed by atoms with E-state index in [9.17, 15) is 9.59 Å². The number of hydrogen-bond donors (Lipinski definition) is 1. The Hall–Kier alpha value is -1.06. The molecule has 0 radical (unpaired) electrons. The van der Waals surface area contributed by atoms with Gasteiger partial charge < -0.3 is 9.84 Å². The van der Waals surface area contributed by atoms with E-state index >= 15 is 0 Å². The lowest BCUT2D eigenvalue weighted by Crippen LogP contribution is -2.08. The van der Waals surface area contributed by atoms with Crippen LogP contribution in [0.5, 0.6) is 0 Å². The van der Waals surface area contributed by atoms with Crippen LogP contribution in [0.3, 0.4) is 0 Å². The predicted octanol–water partition coefficient (Wildman–Crippen LogP) is 8.22. The highest BCUT2D eigenvalue weighted by Gasteiger charge is 2.05. The SMILES string of the molecule is CCCCCCCCCCCCCCCCCCCCCCOC(=O)CCC(=O)O. The first kappa shape index (κ1) is 28.9. The largest absolute Gasteiger partial charge is 0.481 e. The second kappa shape index (κ2) is 24.2. The Kier molecular flexibility index (Phi) is 23.4. The van der Waals surface area contributed by atoms with Crippen molar-refractivity contribution >= 4 is 11.9 Å². The fourth-order valence-corrected chi connectivity index (χ4v) is 3.82. The van der Waals surface area contributed by atoms with E-state index in [2.05, 4.69) is 6.92 Å². The summed E-state index contributed by atoms with van der Waals surface area (Å²) in [5.41, 5.74) is 0. The molecule has 0 saturated heterocycles. The third kappa shape index (κ3) is 25.0. The van der Waals surface area contributed by atoms with Gasteiger partial charge in [-0.15, -0.1) is 0 Å². The molecule has 4 nitrogen and oxygen atoms in total. The molecule has 178 valence electrons. The number of carbonyl (C=O) groups is 2. The number of rotatable bonds is 24. The molecule has 0 bridgehead atoms. The number of aliphatic carboxylic acids is 1. The Labute approximate surface area is 186 Å². The van der Waals surface area contributed by atoms with Gasteiger partial charge in [-0.05, 0) is 6.42 Å². The van der Waals surface area contributed by atoms with Crippen molar-refractivity contribution in [3.05, 3.63) is 0 Å². The summed E-state index contributed by atoms with van der Waals surface area (Å²) in [6.07, 6.45) is 26.8. The van der Waals surface area contributed by atoms with Crippen molar-refractivity contribution < 1.29 is 19.4 Å². The second-order valence-electron chi connectivity index (χ2n) is 8.83. The molecule has 0 rings (SSSR count). The summed E-state index contributed by atoms with van der Waals surface area (Å²) in [5, 5.41) is 8.50. The third-order valence-corrected chi connectivity index (χ3v) is 5.80. The summed E-state index contributed by atoms with van der Waals surface area (Å²) in [7, 11) is 0. The summed E-state index contributed by atoms with van der Waals surface area (Å²) in [5.74, 6) is -1.35. The summed E-state index contributed by atoms with van der Waals surface area (Å²) < 4.78 is 5.03. The number of ether oxygens (including phenoxy) is 1.